The average Bonchev–Trinajstić information content (AvgIpc) is 3.75. The molecule has 11 heteroatoms. The molecular weight excluding hydrogens is 662 g/mol. The van der Waals surface area contributed by atoms with Gasteiger partial charge in [0.15, 0.2) is 23.0 Å². The first kappa shape index (κ1) is 38.6. The normalized spacial score (nSPS) is 21.3. The Morgan fingerprint density at radius 1 is 1.04 bits per heavy atom. The largest absolute Gasteiger partial charge is 0.504 e. The number of benzene rings is 2. The summed E-state index contributed by atoms with van der Waals surface area (Å²) in [6.07, 6.45) is 7.85. The van der Waals surface area contributed by atoms with Gasteiger partial charge in [-0.15, -0.1) is 0 Å². The number of aromatic nitrogens is 1. The number of aryl methyl sites for hydroxylation is 2. The van der Waals surface area contributed by atoms with E-state index in [1.54, 1.807) is 24.3 Å². The van der Waals surface area contributed by atoms with Crippen LogP contribution in [0.15, 0.2) is 72.2 Å². The number of hydrogen-bond donors (Lipinski definition) is 8. The number of nitrogens with two attached hydrogens (primary N) is 1. The highest BCUT2D eigenvalue weighted by molar-refractivity contribution is 5.84. The molecule has 3 aromatic rings. The number of aliphatic hydroxyl groups excluding tert-OH is 2. The maximum absolute atomic E-state index is 14.9. The van der Waals surface area contributed by atoms with Crippen molar-refractivity contribution in [1.82, 2.24) is 10.3 Å². The molecule has 0 amide bonds. The minimum absolute atomic E-state index is 0.0116. The fourth-order valence-electron chi connectivity index (χ4n) is 8.17. The van der Waals surface area contributed by atoms with Crippen molar-refractivity contribution in [3.05, 3.63) is 89.0 Å². The number of H-pyrrole nitrogens is 1. The van der Waals surface area contributed by atoms with E-state index in [0.29, 0.717) is 61.9 Å². The molecule has 1 aromatic heterocycles. The number of methoxy groups -OCH3 is 1. The third kappa shape index (κ3) is 8.87. The van der Waals surface area contributed by atoms with Crippen LogP contribution in [0.1, 0.15) is 69.2 Å². The molecule has 5 atom stereocenters. The van der Waals surface area contributed by atoms with Crippen LogP contribution in [-0.4, -0.2) is 68.8 Å². The molecule has 0 bridgehead atoms. The number of carbonyl (C=O) groups excluding carboxylic acids is 1. The number of allylic oxidation sites excluding steroid dienone is 2. The summed E-state index contributed by atoms with van der Waals surface area (Å²) in [4.78, 5) is 18.1. The number of ketones is 1. The van der Waals surface area contributed by atoms with Crippen molar-refractivity contribution in [1.29, 1.82) is 0 Å². The summed E-state index contributed by atoms with van der Waals surface area (Å²) in [5.41, 5.74) is 8.55. The number of phenols is 3. The van der Waals surface area contributed by atoms with Crippen LogP contribution < -0.4 is 20.5 Å². The van der Waals surface area contributed by atoms with E-state index < -0.39 is 29.5 Å². The van der Waals surface area contributed by atoms with Gasteiger partial charge >= 0.3 is 0 Å². The second-order valence-corrected chi connectivity index (χ2v) is 14.7. The smallest absolute Gasteiger partial charge is 0.200 e. The quantitative estimate of drug-likeness (QED) is 0.0625. The third-order valence-electron chi connectivity index (χ3n) is 10.8. The molecule has 5 rings (SSSR count). The van der Waals surface area contributed by atoms with Gasteiger partial charge in [0.05, 0.1) is 37.7 Å². The van der Waals surface area contributed by atoms with Crippen molar-refractivity contribution < 1.29 is 39.8 Å². The van der Waals surface area contributed by atoms with Crippen molar-refractivity contribution >= 4 is 5.78 Å². The number of aromatic hydroxyl groups is 3. The van der Waals surface area contributed by atoms with Crippen molar-refractivity contribution in [2.45, 2.75) is 83.8 Å². The zero-order valence-electron chi connectivity index (χ0n) is 30.5. The fourth-order valence-corrected chi connectivity index (χ4v) is 8.17. The van der Waals surface area contributed by atoms with Gasteiger partial charge in [-0.2, -0.15) is 0 Å². The Bertz CT molecular complexity index is 1720. The molecule has 0 saturated heterocycles. The zero-order valence-corrected chi connectivity index (χ0v) is 30.5. The van der Waals surface area contributed by atoms with Gasteiger partial charge in [-0.1, -0.05) is 26.0 Å². The van der Waals surface area contributed by atoms with E-state index in [9.17, 15) is 30.3 Å². The van der Waals surface area contributed by atoms with Crippen LogP contribution in [-0.2, 0) is 24.1 Å². The summed E-state index contributed by atoms with van der Waals surface area (Å²) in [6, 6.07) is 12.0. The average molecular weight is 718 g/mol. The molecule has 1 aliphatic carbocycles. The number of phenolic OH excluding ortho intramolecular Hbond substituents is 3. The predicted molar refractivity (Wildman–Crippen MR) is 199 cm³/mol. The van der Waals surface area contributed by atoms with Gasteiger partial charge in [0, 0.05) is 36.2 Å². The highest BCUT2D eigenvalue weighted by atomic mass is 16.5. The van der Waals surface area contributed by atoms with E-state index in [1.807, 2.05) is 30.5 Å². The number of dihydropyridines is 1. The standard InChI is InChI=1S/C41H55N3O8/c1-25(2)6-5-19-52-37-22-27(20-35(49)40(37)50)10-13-34(48)39(33(47)12-9-26-8-11-32(46)36(21-26)51-3)41(28-15-18-44-38(42)23-28)16-14-31(45)30(41)24-29-7-4-17-43-29/h4,7-8,11,15,17,20-23,25,30-31,33,39,43-47,49-50H,5-6,9-10,12-14,16,18-19,24,42H2,1-3H3. The van der Waals surface area contributed by atoms with E-state index in [1.165, 1.54) is 13.2 Å². The molecule has 52 heavy (non-hydrogen) atoms. The second kappa shape index (κ2) is 17.3. The number of Topliss-reactive ketones (excluding diaryl/α,β-unsaturated/α-hetero) is 1. The van der Waals surface area contributed by atoms with Gasteiger partial charge in [0.25, 0.3) is 0 Å². The van der Waals surface area contributed by atoms with Crippen LogP contribution in [0.3, 0.4) is 0 Å². The van der Waals surface area contributed by atoms with Gasteiger partial charge in [0.1, 0.15) is 5.78 Å². The molecule has 2 aliphatic rings. The van der Waals surface area contributed by atoms with Crippen LogP contribution in [0.4, 0.5) is 0 Å². The molecule has 2 heterocycles. The topological polar surface area (TPSA) is 191 Å². The molecule has 9 N–H and O–H groups in total. The highest BCUT2D eigenvalue weighted by Crippen LogP contribution is 2.57. The number of carbonyl (C=O) groups is 1. The lowest BCUT2D eigenvalue weighted by molar-refractivity contribution is -0.134. The Morgan fingerprint density at radius 3 is 2.54 bits per heavy atom. The van der Waals surface area contributed by atoms with Crippen LogP contribution in [0, 0.1) is 23.2 Å². The monoisotopic (exact) mass is 717 g/mol. The predicted octanol–water partition coefficient (Wildman–Crippen LogP) is 5.40. The van der Waals surface area contributed by atoms with Gasteiger partial charge in [-0.05, 0) is 116 Å². The van der Waals surface area contributed by atoms with Crippen molar-refractivity contribution in [2.75, 3.05) is 20.3 Å². The molecule has 11 nitrogen and oxygen atoms in total. The zero-order chi connectivity index (χ0) is 37.4. The first-order valence-corrected chi connectivity index (χ1v) is 18.4. The molecule has 282 valence electrons. The Labute approximate surface area is 306 Å². The summed E-state index contributed by atoms with van der Waals surface area (Å²) in [7, 11) is 1.48. The number of nitrogens with one attached hydrogen (secondary N) is 2. The minimum Gasteiger partial charge on any atom is -0.504 e. The molecular formula is C41H55N3O8. The number of rotatable bonds is 18. The summed E-state index contributed by atoms with van der Waals surface area (Å²) in [6.45, 7) is 5.08. The van der Waals surface area contributed by atoms with Gasteiger partial charge in [-0.25, -0.2) is 0 Å². The molecule has 1 aliphatic heterocycles. The van der Waals surface area contributed by atoms with Crippen molar-refractivity contribution in [3.63, 3.8) is 0 Å². The minimum atomic E-state index is -1.11. The van der Waals surface area contributed by atoms with Crippen molar-refractivity contribution in [3.8, 4) is 28.7 Å². The molecule has 5 unspecified atom stereocenters. The Kier molecular flexibility index (Phi) is 12.8. The Morgan fingerprint density at radius 2 is 1.83 bits per heavy atom. The maximum Gasteiger partial charge on any atom is 0.200 e. The second-order valence-electron chi connectivity index (χ2n) is 14.7. The van der Waals surface area contributed by atoms with Crippen LogP contribution in [0.5, 0.6) is 28.7 Å². The molecule has 0 spiro atoms. The van der Waals surface area contributed by atoms with Crippen LogP contribution in [0.25, 0.3) is 0 Å². The first-order valence-electron chi connectivity index (χ1n) is 18.4. The van der Waals surface area contributed by atoms with Gasteiger partial charge in [-0.3, -0.25) is 4.79 Å². The Hall–Kier alpha value is -4.61. The Balaban J connectivity index is 1.49. The van der Waals surface area contributed by atoms with E-state index in [4.69, 9.17) is 15.2 Å². The lowest BCUT2D eigenvalue weighted by Gasteiger charge is -2.46. The van der Waals surface area contributed by atoms with Crippen molar-refractivity contribution in [2.24, 2.45) is 28.9 Å². The summed E-state index contributed by atoms with van der Waals surface area (Å²) in [5, 5.41) is 58.3. The van der Waals surface area contributed by atoms with E-state index >= 15 is 0 Å². The number of aromatic amines is 1. The molecule has 1 saturated carbocycles. The molecule has 0 radical (unpaired) electrons. The summed E-state index contributed by atoms with van der Waals surface area (Å²) in [5.74, 6) is -0.731. The lowest BCUT2D eigenvalue weighted by Crippen LogP contribution is -2.50. The van der Waals surface area contributed by atoms with Gasteiger partial charge in [0.2, 0.25) is 5.75 Å². The van der Waals surface area contributed by atoms with Crippen LogP contribution >= 0.6 is 0 Å². The van der Waals surface area contributed by atoms with Crippen LogP contribution in [0.2, 0.25) is 0 Å². The van der Waals surface area contributed by atoms with E-state index in [0.717, 1.165) is 29.7 Å². The SMILES string of the molecule is COc1cc(CCC(O)C(C(=O)CCc2cc(O)c(O)c(OCCCC(C)C)c2)C2(C3=CCNC(N)=C3)CCC(O)C2Cc2ccc[nH]2)ccc1O. The number of hydrogen-bond acceptors (Lipinski definition) is 10. The number of aliphatic hydroxyl groups is 2. The van der Waals surface area contributed by atoms with Gasteiger partial charge < -0.3 is 51.0 Å². The van der Waals surface area contributed by atoms with E-state index in [2.05, 4.69) is 24.1 Å². The number of ether oxygens (including phenoxy) is 2. The lowest BCUT2D eigenvalue weighted by atomic mass is 9.58. The summed E-state index contributed by atoms with van der Waals surface area (Å²) < 4.78 is 11.1. The highest BCUT2D eigenvalue weighted by Gasteiger charge is 2.58. The maximum atomic E-state index is 14.9. The summed E-state index contributed by atoms with van der Waals surface area (Å²) >= 11 is 0. The van der Waals surface area contributed by atoms with E-state index in [-0.39, 0.29) is 48.0 Å². The molecule has 2 aromatic carbocycles. The fraction of sp³-hybridized carbons (Fsp3) is 0.488. The first-order chi connectivity index (χ1) is 24.9. The molecule has 1 fully saturated rings. The third-order valence-corrected chi connectivity index (χ3v) is 10.8.